The molecule has 4 aliphatic rings. The van der Waals surface area contributed by atoms with E-state index in [1.165, 1.54) is 11.3 Å². The molecular formula is C26H33Cl2N3O2. The number of piperidine rings is 1. The zero-order chi connectivity index (χ0) is 23.7. The molecule has 178 valence electrons. The number of carbonyl (C=O) groups excluding carboxylic acids is 2. The van der Waals surface area contributed by atoms with Crippen LogP contribution in [-0.4, -0.2) is 28.7 Å². The van der Waals surface area contributed by atoms with Gasteiger partial charge in [0, 0.05) is 36.2 Å². The van der Waals surface area contributed by atoms with Crippen LogP contribution in [0.5, 0.6) is 0 Å². The van der Waals surface area contributed by atoms with Crippen molar-refractivity contribution in [3.05, 3.63) is 33.7 Å². The Kier molecular flexibility index (Phi) is 5.60. The van der Waals surface area contributed by atoms with Gasteiger partial charge in [-0.1, -0.05) is 42.6 Å². The lowest BCUT2D eigenvalue weighted by Gasteiger charge is -2.59. The summed E-state index contributed by atoms with van der Waals surface area (Å²) in [6.07, 6.45) is 6.78. The van der Waals surface area contributed by atoms with Crippen LogP contribution in [0.2, 0.25) is 10.3 Å². The molecule has 2 heterocycles. The topological polar surface area (TPSA) is 62.3 Å². The van der Waals surface area contributed by atoms with Gasteiger partial charge in [0.25, 0.3) is 0 Å². The van der Waals surface area contributed by atoms with Crippen LogP contribution in [0.4, 0.5) is 5.69 Å². The van der Waals surface area contributed by atoms with Gasteiger partial charge in [0.2, 0.25) is 11.8 Å². The first-order valence-corrected chi connectivity index (χ1v) is 12.9. The van der Waals surface area contributed by atoms with Gasteiger partial charge in [-0.15, -0.1) is 0 Å². The van der Waals surface area contributed by atoms with Crippen molar-refractivity contribution in [3.8, 4) is 0 Å². The van der Waals surface area contributed by atoms with Crippen LogP contribution in [0.3, 0.4) is 0 Å². The Labute approximate surface area is 206 Å². The Bertz CT molecular complexity index is 1040. The van der Waals surface area contributed by atoms with E-state index in [1.54, 1.807) is 12.1 Å². The number of likely N-dealkylation sites (tertiary alicyclic amines) is 1. The SMILES string of the molecule is CC1=C2N(C)C(=O)CC[C@]2(C)[C@@H]2CC[C@]3(C)C(C(=O)Nc4cc(Cl)nc(Cl)c4)CC[C@H]3[C@@H]2C1. The van der Waals surface area contributed by atoms with Gasteiger partial charge in [0.05, 0.1) is 0 Å². The molecule has 3 fully saturated rings. The molecule has 0 aromatic carbocycles. The fourth-order valence-electron chi connectivity index (χ4n) is 8.31. The van der Waals surface area contributed by atoms with Gasteiger partial charge in [-0.25, -0.2) is 4.98 Å². The molecule has 0 radical (unpaired) electrons. The van der Waals surface area contributed by atoms with Crippen LogP contribution in [-0.2, 0) is 9.59 Å². The number of hydrogen-bond donors (Lipinski definition) is 1. The number of rotatable bonds is 2. The predicted octanol–water partition coefficient (Wildman–Crippen LogP) is 6.32. The van der Waals surface area contributed by atoms with Gasteiger partial charge in [0.1, 0.15) is 10.3 Å². The smallest absolute Gasteiger partial charge is 0.228 e. The number of hydrogen-bond acceptors (Lipinski definition) is 3. The quantitative estimate of drug-likeness (QED) is 0.494. The maximum atomic E-state index is 13.4. The average molecular weight is 490 g/mol. The maximum absolute atomic E-state index is 13.4. The number of halogens is 2. The number of fused-ring (bicyclic) bond motifs is 5. The van der Waals surface area contributed by atoms with Crippen molar-refractivity contribution in [1.29, 1.82) is 0 Å². The number of amides is 2. The molecule has 3 aliphatic carbocycles. The Balaban J connectivity index is 1.41. The molecule has 1 unspecified atom stereocenters. The summed E-state index contributed by atoms with van der Waals surface area (Å²) < 4.78 is 0. The zero-order valence-electron chi connectivity index (χ0n) is 19.9. The number of aromatic nitrogens is 1. The number of carbonyl (C=O) groups is 2. The predicted molar refractivity (Wildman–Crippen MR) is 131 cm³/mol. The number of nitrogens with one attached hydrogen (secondary N) is 1. The summed E-state index contributed by atoms with van der Waals surface area (Å²) in [5.41, 5.74) is 3.29. The van der Waals surface area contributed by atoms with Gasteiger partial charge in [-0.05, 0) is 80.8 Å². The van der Waals surface area contributed by atoms with Crippen LogP contribution < -0.4 is 5.32 Å². The summed E-state index contributed by atoms with van der Waals surface area (Å²) in [7, 11) is 1.96. The average Bonchev–Trinajstić information content (AvgIpc) is 3.08. The standard InChI is InChI=1S/C26H33Cl2N3O2/c1-14-11-16-17-5-6-19(24(33)29-15-12-20(27)30-21(28)13-15)25(17,2)9-7-18(16)26(3)10-8-22(32)31(4)23(14)26/h12-13,16-19H,5-11H2,1-4H3,(H,29,30,33)/t16-,17-,18+,19?,25-,26+/m0/s1. The fraction of sp³-hybridized carbons (Fsp3) is 0.654. The normalized spacial score (nSPS) is 38.0. The first-order valence-electron chi connectivity index (χ1n) is 12.2. The van der Waals surface area contributed by atoms with E-state index in [4.69, 9.17) is 23.2 Å². The molecule has 5 nitrogen and oxygen atoms in total. The number of allylic oxidation sites excluding steroid dienone is 2. The third-order valence-electron chi connectivity index (χ3n) is 9.66. The minimum absolute atomic E-state index is 0.0175. The van der Waals surface area contributed by atoms with Gasteiger partial charge in [-0.3, -0.25) is 9.59 Å². The zero-order valence-corrected chi connectivity index (χ0v) is 21.4. The molecule has 0 spiro atoms. The molecule has 1 aromatic heterocycles. The van der Waals surface area contributed by atoms with Gasteiger partial charge in [0.15, 0.2) is 0 Å². The van der Waals surface area contributed by atoms with Crippen molar-refractivity contribution in [1.82, 2.24) is 9.88 Å². The molecule has 1 N–H and O–H groups in total. The molecule has 2 amide bonds. The molecule has 5 rings (SSSR count). The summed E-state index contributed by atoms with van der Waals surface area (Å²) in [5.74, 6) is 1.95. The lowest BCUT2D eigenvalue weighted by molar-refractivity contribution is -0.137. The summed E-state index contributed by atoms with van der Waals surface area (Å²) in [5, 5.41) is 3.62. The summed E-state index contributed by atoms with van der Waals surface area (Å²) >= 11 is 12.1. The molecule has 1 aliphatic heterocycles. The second kappa shape index (κ2) is 7.98. The highest BCUT2D eigenvalue weighted by molar-refractivity contribution is 6.33. The van der Waals surface area contributed by atoms with E-state index in [9.17, 15) is 9.59 Å². The minimum Gasteiger partial charge on any atom is -0.326 e. The third-order valence-corrected chi connectivity index (χ3v) is 10.0. The Morgan fingerprint density at radius 3 is 2.52 bits per heavy atom. The van der Waals surface area contributed by atoms with E-state index in [1.807, 2.05) is 11.9 Å². The van der Waals surface area contributed by atoms with Crippen LogP contribution in [0.1, 0.15) is 65.7 Å². The van der Waals surface area contributed by atoms with Crippen LogP contribution in [0.15, 0.2) is 23.4 Å². The van der Waals surface area contributed by atoms with Crippen molar-refractivity contribution in [2.45, 2.75) is 65.7 Å². The van der Waals surface area contributed by atoms with E-state index in [-0.39, 0.29) is 38.9 Å². The van der Waals surface area contributed by atoms with E-state index in [0.29, 0.717) is 29.9 Å². The van der Waals surface area contributed by atoms with Crippen molar-refractivity contribution >= 4 is 40.7 Å². The largest absolute Gasteiger partial charge is 0.326 e. The van der Waals surface area contributed by atoms with Crippen LogP contribution in [0, 0.1) is 34.5 Å². The molecule has 1 saturated heterocycles. The summed E-state index contributed by atoms with van der Waals surface area (Å²) in [4.78, 5) is 31.8. The van der Waals surface area contributed by atoms with Gasteiger partial charge < -0.3 is 10.2 Å². The highest BCUT2D eigenvalue weighted by Gasteiger charge is 2.61. The van der Waals surface area contributed by atoms with Crippen LogP contribution >= 0.6 is 23.2 Å². The molecule has 7 heteroatoms. The molecule has 1 aromatic rings. The van der Waals surface area contributed by atoms with Crippen molar-refractivity contribution in [3.63, 3.8) is 0 Å². The second-order valence-electron chi connectivity index (χ2n) is 11.2. The highest BCUT2D eigenvalue weighted by atomic mass is 35.5. The number of anilines is 1. The van der Waals surface area contributed by atoms with Gasteiger partial charge in [-0.2, -0.15) is 0 Å². The summed E-state index contributed by atoms with van der Waals surface area (Å²) in [6, 6.07) is 3.30. The first kappa shape index (κ1) is 23.2. The highest BCUT2D eigenvalue weighted by Crippen LogP contribution is 2.66. The van der Waals surface area contributed by atoms with Crippen molar-refractivity contribution in [2.75, 3.05) is 12.4 Å². The Hall–Kier alpha value is -1.59. The van der Waals surface area contributed by atoms with Crippen LogP contribution in [0.25, 0.3) is 0 Å². The van der Waals surface area contributed by atoms with E-state index < -0.39 is 0 Å². The Morgan fingerprint density at radius 1 is 1.12 bits per heavy atom. The van der Waals surface area contributed by atoms with E-state index >= 15 is 0 Å². The third kappa shape index (κ3) is 3.53. The number of nitrogens with zero attached hydrogens (tertiary/aromatic N) is 2. The monoisotopic (exact) mass is 489 g/mol. The first-order chi connectivity index (χ1) is 15.5. The van der Waals surface area contributed by atoms with E-state index in [2.05, 4.69) is 31.1 Å². The lowest BCUT2D eigenvalue weighted by atomic mass is 9.48. The lowest BCUT2D eigenvalue weighted by Crippen LogP contribution is -2.54. The molecule has 33 heavy (non-hydrogen) atoms. The molecule has 6 atom stereocenters. The molecule has 2 saturated carbocycles. The Morgan fingerprint density at radius 2 is 1.82 bits per heavy atom. The van der Waals surface area contributed by atoms with Crippen molar-refractivity contribution in [2.24, 2.45) is 34.5 Å². The molecular weight excluding hydrogens is 457 g/mol. The maximum Gasteiger partial charge on any atom is 0.228 e. The summed E-state index contributed by atoms with van der Waals surface area (Å²) in [6.45, 7) is 6.95. The minimum atomic E-state index is -0.0248. The molecule has 0 bridgehead atoms. The second-order valence-corrected chi connectivity index (χ2v) is 12.0. The van der Waals surface area contributed by atoms with Crippen molar-refractivity contribution < 1.29 is 9.59 Å². The van der Waals surface area contributed by atoms with Gasteiger partial charge >= 0.3 is 0 Å². The van der Waals surface area contributed by atoms with E-state index in [0.717, 1.165) is 38.5 Å². The fourth-order valence-corrected chi connectivity index (χ4v) is 8.77. The number of pyridine rings is 1.